The van der Waals surface area contributed by atoms with Gasteiger partial charge in [0, 0.05) is 22.8 Å². The van der Waals surface area contributed by atoms with E-state index in [1.54, 1.807) is 44.5 Å². The van der Waals surface area contributed by atoms with Gasteiger partial charge in [0.25, 0.3) is 11.1 Å². The molecule has 0 fully saturated rings. The van der Waals surface area contributed by atoms with E-state index in [9.17, 15) is 9.59 Å². The normalized spacial score (nSPS) is 11.7. The Morgan fingerprint density at radius 2 is 1.06 bits per heavy atom. The van der Waals surface area contributed by atoms with Gasteiger partial charge in [-0.1, -0.05) is 65.2 Å². The van der Waals surface area contributed by atoms with Crippen molar-refractivity contribution < 1.29 is 0 Å². The topological polar surface area (TPSA) is 69.8 Å². The Kier molecular flexibility index (Phi) is 9.87. The maximum atomic E-state index is 13.1. The van der Waals surface area contributed by atoms with Crippen LogP contribution < -0.4 is 11.1 Å². The van der Waals surface area contributed by atoms with Gasteiger partial charge in [-0.05, 0) is 37.8 Å². The molecule has 0 bridgehead atoms. The Labute approximate surface area is 221 Å². The molecule has 0 saturated heterocycles. The smallest absolute Gasteiger partial charge is 0.262 e. The van der Waals surface area contributed by atoms with Crippen molar-refractivity contribution in [3.05, 3.63) is 55.2 Å². The Hall–Kier alpha value is -2.32. The van der Waals surface area contributed by atoms with Crippen LogP contribution in [0, 0.1) is 0 Å². The lowest BCUT2D eigenvalue weighted by molar-refractivity contribution is 0.547. The molecular weight excluding hydrogens is 488 g/mol. The molecule has 0 aliphatic carbocycles. The van der Waals surface area contributed by atoms with Crippen LogP contribution in [0.2, 0.25) is 0 Å². The predicted molar refractivity (Wildman–Crippen MR) is 153 cm³/mol. The Morgan fingerprint density at radius 1 is 0.639 bits per heavy atom. The summed E-state index contributed by atoms with van der Waals surface area (Å²) in [4.78, 5) is 39.3. The second kappa shape index (κ2) is 13.3. The molecule has 0 unspecified atom stereocenters. The third-order valence-corrected chi connectivity index (χ3v) is 8.98. The molecular formula is C28H38N4O2S2. The van der Waals surface area contributed by atoms with Gasteiger partial charge in [0.05, 0.1) is 23.4 Å². The molecule has 0 N–H and O–H groups in total. The lowest BCUT2D eigenvalue weighted by atomic mass is 10.1. The van der Waals surface area contributed by atoms with Gasteiger partial charge in [-0.3, -0.25) is 18.7 Å². The molecule has 4 aromatic heterocycles. The number of unbranched alkanes of at least 4 members (excludes halogenated alkanes) is 8. The van der Waals surface area contributed by atoms with Gasteiger partial charge in [-0.2, -0.15) is 0 Å². The van der Waals surface area contributed by atoms with Crippen molar-refractivity contribution >= 4 is 43.1 Å². The molecule has 0 atom stereocenters. The van der Waals surface area contributed by atoms with Crippen LogP contribution >= 0.6 is 22.7 Å². The fraction of sp³-hybridized carbons (Fsp3) is 0.571. The molecule has 194 valence electrons. The number of thiophene rings is 2. The zero-order valence-electron chi connectivity index (χ0n) is 21.6. The highest BCUT2D eigenvalue weighted by atomic mass is 32.1. The second-order valence-electron chi connectivity index (χ2n) is 9.68. The molecule has 0 amide bonds. The van der Waals surface area contributed by atoms with Crippen molar-refractivity contribution in [2.75, 3.05) is 0 Å². The summed E-state index contributed by atoms with van der Waals surface area (Å²) in [6, 6.07) is 4.03. The third kappa shape index (κ3) is 6.71. The van der Waals surface area contributed by atoms with Crippen LogP contribution in [-0.4, -0.2) is 19.1 Å². The fourth-order valence-electron chi connectivity index (χ4n) is 4.61. The van der Waals surface area contributed by atoms with E-state index in [2.05, 4.69) is 23.8 Å². The summed E-state index contributed by atoms with van der Waals surface area (Å²) in [7, 11) is 0. The molecule has 4 rings (SSSR count). The molecule has 0 aliphatic rings. The van der Waals surface area contributed by atoms with Crippen molar-refractivity contribution in [2.45, 2.75) is 104 Å². The molecule has 0 aromatic carbocycles. The van der Waals surface area contributed by atoms with Gasteiger partial charge < -0.3 is 0 Å². The summed E-state index contributed by atoms with van der Waals surface area (Å²) >= 11 is 3.25. The first-order chi connectivity index (χ1) is 17.6. The van der Waals surface area contributed by atoms with Crippen molar-refractivity contribution in [2.24, 2.45) is 0 Å². The number of rotatable bonds is 15. The highest BCUT2D eigenvalue weighted by Gasteiger charge is 2.12. The summed E-state index contributed by atoms with van der Waals surface area (Å²) in [5.74, 6) is 0. The highest BCUT2D eigenvalue weighted by molar-refractivity contribution is 7.18. The summed E-state index contributed by atoms with van der Waals surface area (Å²) < 4.78 is 3.23. The number of aromatic nitrogens is 4. The Bertz CT molecular complexity index is 1280. The van der Waals surface area contributed by atoms with E-state index >= 15 is 0 Å². The number of fused-ring (bicyclic) bond motifs is 2. The summed E-state index contributed by atoms with van der Waals surface area (Å²) in [5, 5.41) is 1.38. The Morgan fingerprint density at radius 3 is 1.47 bits per heavy atom. The van der Waals surface area contributed by atoms with E-state index in [-0.39, 0.29) is 11.1 Å². The van der Waals surface area contributed by atoms with E-state index in [1.807, 2.05) is 12.1 Å². The number of aryl methyl sites for hydroxylation is 4. The van der Waals surface area contributed by atoms with Crippen LogP contribution in [0.25, 0.3) is 20.4 Å². The maximum absolute atomic E-state index is 13.1. The van der Waals surface area contributed by atoms with Crippen LogP contribution in [-0.2, 0) is 25.9 Å². The van der Waals surface area contributed by atoms with Crippen molar-refractivity contribution in [3.8, 4) is 0 Å². The summed E-state index contributed by atoms with van der Waals surface area (Å²) in [5.41, 5.74) is -0.0621. The van der Waals surface area contributed by atoms with E-state index < -0.39 is 0 Å². The zero-order valence-corrected chi connectivity index (χ0v) is 23.3. The minimum atomic E-state index is -0.0311. The molecule has 4 heterocycles. The number of hydrogen-bond acceptors (Lipinski definition) is 6. The summed E-state index contributed by atoms with van der Waals surface area (Å²) in [6.45, 7) is 5.24. The molecule has 0 saturated carbocycles. The monoisotopic (exact) mass is 526 g/mol. The molecule has 0 radical (unpaired) electrons. The average molecular weight is 527 g/mol. The van der Waals surface area contributed by atoms with E-state index in [1.165, 1.54) is 61.1 Å². The first-order valence-corrected chi connectivity index (χ1v) is 15.2. The SMILES string of the molecule is CCCCCCCc1cc2c(=O)n(CCn3cnc4sc(CCCCCCC)cc4c3=O)cnc2s1. The predicted octanol–water partition coefficient (Wildman–Crippen LogP) is 6.96. The maximum Gasteiger partial charge on any atom is 0.262 e. The van der Waals surface area contributed by atoms with Crippen molar-refractivity contribution in [3.63, 3.8) is 0 Å². The van der Waals surface area contributed by atoms with Crippen LogP contribution in [0.4, 0.5) is 0 Å². The minimum absolute atomic E-state index is 0.0311. The zero-order chi connectivity index (χ0) is 25.3. The van der Waals surface area contributed by atoms with Gasteiger partial charge >= 0.3 is 0 Å². The molecule has 36 heavy (non-hydrogen) atoms. The molecule has 6 nitrogen and oxygen atoms in total. The standard InChI is InChI=1S/C28H38N4O2S2/c1-3-5-7-9-11-13-21-17-23-25(35-21)29-19-31(27(23)33)15-16-32-20-30-26-24(28(32)34)18-22(36-26)14-12-10-8-6-4-2/h17-20H,3-16H2,1-2H3. The highest BCUT2D eigenvalue weighted by Crippen LogP contribution is 2.24. The number of nitrogens with zero attached hydrogens (tertiary/aromatic N) is 4. The molecule has 4 aromatic rings. The van der Waals surface area contributed by atoms with Crippen LogP contribution in [0.1, 0.15) is 87.8 Å². The molecule has 0 aliphatic heterocycles. The second-order valence-corrected chi connectivity index (χ2v) is 11.9. The quantitative estimate of drug-likeness (QED) is 0.157. The van der Waals surface area contributed by atoms with E-state index in [0.717, 1.165) is 35.3 Å². The molecule has 0 spiro atoms. The fourth-order valence-corrected chi connectivity index (χ4v) is 6.66. The van der Waals surface area contributed by atoms with Gasteiger partial charge in [0.1, 0.15) is 9.66 Å². The lowest BCUT2D eigenvalue weighted by Crippen LogP contribution is -2.27. The van der Waals surface area contributed by atoms with Crippen LogP contribution in [0.15, 0.2) is 34.4 Å². The van der Waals surface area contributed by atoms with Gasteiger partial charge in [-0.25, -0.2) is 9.97 Å². The van der Waals surface area contributed by atoms with Gasteiger partial charge in [0.15, 0.2) is 0 Å². The van der Waals surface area contributed by atoms with Crippen LogP contribution in [0.5, 0.6) is 0 Å². The van der Waals surface area contributed by atoms with E-state index in [0.29, 0.717) is 23.9 Å². The van der Waals surface area contributed by atoms with Crippen molar-refractivity contribution in [1.82, 2.24) is 19.1 Å². The largest absolute Gasteiger partial charge is 0.297 e. The van der Waals surface area contributed by atoms with Crippen LogP contribution in [0.3, 0.4) is 0 Å². The van der Waals surface area contributed by atoms with Gasteiger partial charge in [0.2, 0.25) is 0 Å². The molecule has 8 heteroatoms. The minimum Gasteiger partial charge on any atom is -0.297 e. The Balaban J connectivity index is 1.40. The lowest BCUT2D eigenvalue weighted by Gasteiger charge is -2.07. The average Bonchev–Trinajstić information content (AvgIpc) is 3.49. The number of hydrogen-bond donors (Lipinski definition) is 0. The third-order valence-electron chi connectivity index (χ3n) is 6.77. The first kappa shape index (κ1) is 26.7. The van der Waals surface area contributed by atoms with Gasteiger partial charge in [-0.15, -0.1) is 22.7 Å². The van der Waals surface area contributed by atoms with Crippen molar-refractivity contribution in [1.29, 1.82) is 0 Å². The summed E-state index contributed by atoms with van der Waals surface area (Å²) in [6.07, 6.45) is 17.6. The first-order valence-electron chi connectivity index (χ1n) is 13.6. The van der Waals surface area contributed by atoms with E-state index in [4.69, 9.17) is 0 Å².